The molecule has 0 saturated carbocycles. The van der Waals surface area contributed by atoms with Crippen LogP contribution >= 0.6 is 22.9 Å². The molecular formula is C15H17ClN2O3S. The quantitative estimate of drug-likeness (QED) is 0.784. The number of thiazole rings is 1. The van der Waals surface area contributed by atoms with Crippen LogP contribution in [0.25, 0.3) is 0 Å². The normalized spacial score (nSPS) is 12.0. The second-order valence-electron chi connectivity index (χ2n) is 4.57. The van der Waals surface area contributed by atoms with Gasteiger partial charge in [0.15, 0.2) is 4.47 Å². The SMILES string of the molecule is CCOC(=O)C(N)Cc1ccc(OCc2cnc(Cl)s2)cc1. The average Bonchev–Trinajstić information content (AvgIpc) is 2.92. The number of benzene rings is 1. The molecule has 0 aliphatic heterocycles. The molecule has 0 aliphatic rings. The van der Waals surface area contributed by atoms with Crippen molar-refractivity contribution in [2.24, 2.45) is 5.73 Å². The van der Waals surface area contributed by atoms with Crippen LogP contribution in [0.15, 0.2) is 30.5 Å². The van der Waals surface area contributed by atoms with E-state index in [-0.39, 0.29) is 5.97 Å². The summed E-state index contributed by atoms with van der Waals surface area (Å²) in [5, 5.41) is 0. The first-order valence-electron chi connectivity index (χ1n) is 6.82. The van der Waals surface area contributed by atoms with E-state index in [1.807, 2.05) is 24.3 Å². The zero-order valence-electron chi connectivity index (χ0n) is 12.1. The zero-order valence-corrected chi connectivity index (χ0v) is 13.7. The lowest BCUT2D eigenvalue weighted by Crippen LogP contribution is -2.34. The molecule has 2 rings (SSSR count). The number of hydrogen-bond donors (Lipinski definition) is 1. The fraction of sp³-hybridized carbons (Fsp3) is 0.333. The lowest BCUT2D eigenvalue weighted by Gasteiger charge is -2.11. The number of rotatable bonds is 7. The first-order chi connectivity index (χ1) is 10.6. The van der Waals surface area contributed by atoms with E-state index in [4.69, 9.17) is 26.8 Å². The molecule has 0 amide bonds. The van der Waals surface area contributed by atoms with E-state index in [9.17, 15) is 4.79 Å². The fourth-order valence-electron chi connectivity index (χ4n) is 1.81. The van der Waals surface area contributed by atoms with E-state index < -0.39 is 6.04 Å². The van der Waals surface area contributed by atoms with Crippen molar-refractivity contribution < 1.29 is 14.3 Å². The Morgan fingerprint density at radius 3 is 2.73 bits per heavy atom. The molecule has 0 fully saturated rings. The van der Waals surface area contributed by atoms with Gasteiger partial charge >= 0.3 is 5.97 Å². The largest absolute Gasteiger partial charge is 0.488 e. The number of ether oxygens (including phenoxy) is 2. The van der Waals surface area contributed by atoms with Crippen LogP contribution in [-0.2, 0) is 22.6 Å². The summed E-state index contributed by atoms with van der Waals surface area (Å²) in [6.45, 7) is 2.51. The highest BCUT2D eigenvalue weighted by Gasteiger charge is 2.14. The maximum absolute atomic E-state index is 11.5. The molecule has 0 radical (unpaired) electrons. The molecule has 7 heteroatoms. The number of aromatic nitrogens is 1. The van der Waals surface area contributed by atoms with Crippen molar-refractivity contribution >= 4 is 28.9 Å². The Hall–Kier alpha value is -1.63. The lowest BCUT2D eigenvalue weighted by atomic mass is 10.1. The third-order valence-electron chi connectivity index (χ3n) is 2.87. The molecule has 0 bridgehead atoms. The van der Waals surface area contributed by atoms with Crippen molar-refractivity contribution in [2.45, 2.75) is 26.0 Å². The van der Waals surface area contributed by atoms with Crippen LogP contribution in [0.1, 0.15) is 17.4 Å². The van der Waals surface area contributed by atoms with E-state index in [1.165, 1.54) is 11.3 Å². The molecule has 1 aromatic carbocycles. The summed E-state index contributed by atoms with van der Waals surface area (Å²) in [4.78, 5) is 16.4. The van der Waals surface area contributed by atoms with Gasteiger partial charge in [-0.1, -0.05) is 23.7 Å². The molecule has 118 valence electrons. The second-order valence-corrected chi connectivity index (χ2v) is 6.27. The molecule has 22 heavy (non-hydrogen) atoms. The Labute approximate surface area is 138 Å². The van der Waals surface area contributed by atoms with Gasteiger partial charge in [-0.3, -0.25) is 4.79 Å². The Balaban J connectivity index is 1.86. The number of nitrogens with two attached hydrogens (primary N) is 1. The summed E-state index contributed by atoms with van der Waals surface area (Å²) in [6.07, 6.45) is 2.13. The molecule has 1 unspecified atom stereocenters. The minimum absolute atomic E-state index is 0.334. The zero-order chi connectivity index (χ0) is 15.9. The number of esters is 1. The minimum Gasteiger partial charge on any atom is -0.488 e. The molecule has 5 nitrogen and oxygen atoms in total. The van der Waals surface area contributed by atoms with E-state index in [1.54, 1.807) is 13.1 Å². The predicted molar refractivity (Wildman–Crippen MR) is 86.2 cm³/mol. The van der Waals surface area contributed by atoms with Crippen LogP contribution in [0.5, 0.6) is 5.75 Å². The van der Waals surface area contributed by atoms with Crippen LogP contribution in [0.3, 0.4) is 0 Å². The van der Waals surface area contributed by atoms with Gasteiger partial charge in [-0.05, 0) is 31.0 Å². The predicted octanol–water partition coefficient (Wildman–Crippen LogP) is 2.81. The molecule has 1 atom stereocenters. The van der Waals surface area contributed by atoms with Crippen LogP contribution in [-0.4, -0.2) is 23.6 Å². The molecule has 0 saturated heterocycles. The number of halogens is 1. The molecule has 1 aromatic heterocycles. The first-order valence-corrected chi connectivity index (χ1v) is 8.02. The number of nitrogens with zero attached hydrogens (tertiary/aromatic N) is 1. The highest BCUT2D eigenvalue weighted by molar-refractivity contribution is 7.15. The van der Waals surface area contributed by atoms with Gasteiger partial charge in [0.1, 0.15) is 18.4 Å². The number of hydrogen-bond acceptors (Lipinski definition) is 6. The van der Waals surface area contributed by atoms with Gasteiger partial charge in [0.05, 0.1) is 11.5 Å². The Bertz CT molecular complexity index is 616. The third-order valence-corrected chi connectivity index (χ3v) is 3.96. The van der Waals surface area contributed by atoms with Crippen LogP contribution in [0.4, 0.5) is 0 Å². The van der Waals surface area contributed by atoms with Crippen molar-refractivity contribution in [3.63, 3.8) is 0 Å². The summed E-state index contributed by atoms with van der Waals surface area (Å²) >= 11 is 7.15. The first kappa shape index (κ1) is 16.7. The lowest BCUT2D eigenvalue weighted by molar-refractivity contribution is -0.144. The molecule has 0 spiro atoms. The van der Waals surface area contributed by atoms with Crippen molar-refractivity contribution in [3.8, 4) is 5.75 Å². The number of carbonyl (C=O) groups is 1. The van der Waals surface area contributed by atoms with Crippen LogP contribution in [0, 0.1) is 0 Å². The Kier molecular flexibility index (Phi) is 6.18. The second kappa shape index (κ2) is 8.12. The standard InChI is InChI=1S/C15H17ClN2O3S/c1-2-20-14(19)13(17)7-10-3-5-11(6-4-10)21-9-12-8-18-15(16)22-12/h3-6,8,13H,2,7,9,17H2,1H3. The van der Waals surface area contributed by atoms with E-state index >= 15 is 0 Å². The average molecular weight is 341 g/mol. The maximum atomic E-state index is 11.5. The molecule has 2 N–H and O–H groups in total. The van der Waals surface area contributed by atoms with Gasteiger partial charge in [0.25, 0.3) is 0 Å². The third kappa shape index (κ3) is 4.98. The van der Waals surface area contributed by atoms with E-state index in [0.29, 0.717) is 24.1 Å². The maximum Gasteiger partial charge on any atom is 0.323 e. The highest BCUT2D eigenvalue weighted by atomic mass is 35.5. The van der Waals surface area contributed by atoms with E-state index in [0.717, 1.165) is 16.2 Å². The van der Waals surface area contributed by atoms with Crippen molar-refractivity contribution in [1.82, 2.24) is 4.98 Å². The number of carbonyl (C=O) groups excluding carboxylic acids is 1. The van der Waals surface area contributed by atoms with Gasteiger partial charge in [-0.25, -0.2) is 4.98 Å². The molecule has 0 aliphatic carbocycles. The fourth-order valence-corrected chi connectivity index (χ4v) is 2.70. The van der Waals surface area contributed by atoms with Crippen LogP contribution < -0.4 is 10.5 Å². The highest BCUT2D eigenvalue weighted by Crippen LogP contribution is 2.20. The molecular weight excluding hydrogens is 324 g/mol. The van der Waals surface area contributed by atoms with Crippen molar-refractivity contribution in [2.75, 3.05) is 6.61 Å². The van der Waals surface area contributed by atoms with Gasteiger partial charge in [-0.2, -0.15) is 0 Å². The Morgan fingerprint density at radius 1 is 1.41 bits per heavy atom. The van der Waals surface area contributed by atoms with Crippen molar-refractivity contribution in [3.05, 3.63) is 45.4 Å². The van der Waals surface area contributed by atoms with Crippen molar-refractivity contribution in [1.29, 1.82) is 0 Å². The summed E-state index contributed by atoms with van der Waals surface area (Å²) in [7, 11) is 0. The van der Waals surface area contributed by atoms with Gasteiger partial charge in [0, 0.05) is 6.20 Å². The summed E-state index contributed by atoms with van der Waals surface area (Å²) in [6, 6.07) is 6.81. The van der Waals surface area contributed by atoms with Gasteiger partial charge in [-0.15, -0.1) is 11.3 Å². The summed E-state index contributed by atoms with van der Waals surface area (Å²) in [5.74, 6) is 0.350. The van der Waals surface area contributed by atoms with E-state index in [2.05, 4.69) is 4.98 Å². The van der Waals surface area contributed by atoms with Gasteiger partial charge < -0.3 is 15.2 Å². The minimum atomic E-state index is -0.647. The molecule has 2 aromatic rings. The van der Waals surface area contributed by atoms with Crippen LogP contribution in [0.2, 0.25) is 4.47 Å². The molecule has 1 heterocycles. The van der Waals surface area contributed by atoms with Gasteiger partial charge in [0.2, 0.25) is 0 Å². The Morgan fingerprint density at radius 2 is 2.14 bits per heavy atom. The smallest absolute Gasteiger partial charge is 0.323 e. The summed E-state index contributed by atoms with van der Waals surface area (Å²) in [5.41, 5.74) is 6.74. The monoisotopic (exact) mass is 340 g/mol. The topological polar surface area (TPSA) is 74.4 Å². The summed E-state index contributed by atoms with van der Waals surface area (Å²) < 4.78 is 11.0.